The number of carbonyl (C=O) groups is 1. The van der Waals surface area contributed by atoms with E-state index in [1.807, 2.05) is 24.3 Å². The highest BCUT2D eigenvalue weighted by atomic mass is 16.5. The van der Waals surface area contributed by atoms with Gasteiger partial charge in [-0.2, -0.15) is 5.10 Å². The molecule has 0 bridgehead atoms. The lowest BCUT2D eigenvalue weighted by atomic mass is 10.2. The molecule has 3 rings (SSSR count). The van der Waals surface area contributed by atoms with E-state index in [1.165, 1.54) is 0 Å². The molecule has 1 atom stereocenters. The number of nitrogens with zero attached hydrogens (tertiary/aromatic N) is 1. The van der Waals surface area contributed by atoms with E-state index in [4.69, 9.17) is 4.74 Å². The third-order valence-corrected chi connectivity index (χ3v) is 3.20. The number of benzene rings is 1. The highest BCUT2D eigenvalue weighted by molar-refractivity contribution is 6.04. The van der Waals surface area contributed by atoms with E-state index < -0.39 is 0 Å². The lowest BCUT2D eigenvalue weighted by Crippen LogP contribution is -2.32. The molecule has 1 aromatic heterocycles. The third kappa shape index (κ3) is 2.09. The van der Waals surface area contributed by atoms with Crippen molar-refractivity contribution in [3.63, 3.8) is 0 Å². The van der Waals surface area contributed by atoms with Gasteiger partial charge in [-0.05, 0) is 18.9 Å². The predicted octanol–water partition coefficient (Wildman–Crippen LogP) is 1.47. The number of carbonyl (C=O) groups excluding carboxylic acids is 1. The number of hydrogen-bond acceptors (Lipinski definition) is 3. The number of rotatable bonds is 3. The first-order valence-corrected chi connectivity index (χ1v) is 6.17. The quantitative estimate of drug-likeness (QED) is 0.860. The van der Waals surface area contributed by atoms with Gasteiger partial charge in [-0.1, -0.05) is 18.2 Å². The smallest absolute Gasteiger partial charge is 0.272 e. The Labute approximate surface area is 105 Å². The molecule has 0 aliphatic carbocycles. The van der Waals surface area contributed by atoms with Crippen molar-refractivity contribution in [1.82, 2.24) is 15.5 Å². The van der Waals surface area contributed by atoms with Crippen LogP contribution in [0.25, 0.3) is 10.9 Å². The molecule has 94 valence electrons. The number of amides is 1. The van der Waals surface area contributed by atoms with Crippen LogP contribution in [0.4, 0.5) is 0 Å². The molecule has 0 saturated carbocycles. The van der Waals surface area contributed by atoms with Gasteiger partial charge in [0.05, 0.1) is 11.6 Å². The summed E-state index contributed by atoms with van der Waals surface area (Å²) in [7, 11) is 0. The van der Waals surface area contributed by atoms with E-state index in [2.05, 4.69) is 15.5 Å². The van der Waals surface area contributed by atoms with Gasteiger partial charge in [0.1, 0.15) is 0 Å². The molecule has 1 aliphatic rings. The van der Waals surface area contributed by atoms with Gasteiger partial charge in [-0.15, -0.1) is 0 Å². The van der Waals surface area contributed by atoms with Gasteiger partial charge in [0, 0.05) is 18.5 Å². The number of aromatic amines is 1. The van der Waals surface area contributed by atoms with Crippen molar-refractivity contribution in [3.05, 3.63) is 30.0 Å². The molecule has 2 N–H and O–H groups in total. The Bertz CT molecular complexity index is 558. The van der Waals surface area contributed by atoms with Crippen molar-refractivity contribution in [2.45, 2.75) is 18.9 Å². The Morgan fingerprint density at radius 2 is 2.39 bits per heavy atom. The van der Waals surface area contributed by atoms with Crippen molar-refractivity contribution >= 4 is 16.8 Å². The number of hydrogen-bond donors (Lipinski definition) is 2. The molecule has 1 aliphatic heterocycles. The lowest BCUT2D eigenvalue weighted by Gasteiger charge is -2.09. The summed E-state index contributed by atoms with van der Waals surface area (Å²) in [6.07, 6.45) is 2.24. The molecule has 1 unspecified atom stereocenters. The first-order valence-electron chi connectivity index (χ1n) is 6.17. The molecule has 1 amide bonds. The van der Waals surface area contributed by atoms with Crippen LogP contribution in [0, 0.1) is 0 Å². The normalized spacial score (nSPS) is 19.2. The first-order chi connectivity index (χ1) is 8.84. The topological polar surface area (TPSA) is 67.0 Å². The molecule has 0 radical (unpaired) electrons. The molecular weight excluding hydrogens is 230 g/mol. The van der Waals surface area contributed by atoms with Crippen LogP contribution < -0.4 is 5.32 Å². The van der Waals surface area contributed by atoms with Crippen LogP contribution >= 0.6 is 0 Å². The van der Waals surface area contributed by atoms with E-state index in [-0.39, 0.29) is 12.0 Å². The first kappa shape index (κ1) is 11.2. The second kappa shape index (κ2) is 4.78. The Hall–Kier alpha value is -1.88. The molecule has 18 heavy (non-hydrogen) atoms. The van der Waals surface area contributed by atoms with Crippen LogP contribution in [0.5, 0.6) is 0 Å². The number of para-hydroxylation sites is 1. The van der Waals surface area contributed by atoms with Crippen LogP contribution in [-0.2, 0) is 4.74 Å². The van der Waals surface area contributed by atoms with E-state index in [1.54, 1.807) is 0 Å². The largest absolute Gasteiger partial charge is 0.376 e. The number of aromatic nitrogens is 2. The van der Waals surface area contributed by atoms with Gasteiger partial charge in [0.15, 0.2) is 5.69 Å². The second-order valence-corrected chi connectivity index (χ2v) is 4.46. The summed E-state index contributed by atoms with van der Waals surface area (Å²) in [6, 6.07) is 7.60. The molecule has 5 nitrogen and oxygen atoms in total. The summed E-state index contributed by atoms with van der Waals surface area (Å²) in [5.41, 5.74) is 1.32. The SMILES string of the molecule is O=C(NCC1CCCO1)c1n[nH]c2ccccc12. The fraction of sp³-hybridized carbons (Fsp3) is 0.385. The van der Waals surface area contributed by atoms with Crippen molar-refractivity contribution in [2.75, 3.05) is 13.2 Å². The van der Waals surface area contributed by atoms with Crippen LogP contribution in [0.3, 0.4) is 0 Å². The van der Waals surface area contributed by atoms with Crippen LogP contribution in [0.1, 0.15) is 23.3 Å². The van der Waals surface area contributed by atoms with Gasteiger partial charge in [-0.3, -0.25) is 9.89 Å². The van der Waals surface area contributed by atoms with Crippen LogP contribution in [-0.4, -0.2) is 35.4 Å². The molecular formula is C13H15N3O2. The molecule has 1 fully saturated rings. The van der Waals surface area contributed by atoms with Crippen LogP contribution in [0.2, 0.25) is 0 Å². The number of nitrogens with one attached hydrogen (secondary N) is 2. The minimum Gasteiger partial charge on any atom is -0.376 e. The average molecular weight is 245 g/mol. The van der Waals surface area contributed by atoms with Gasteiger partial charge >= 0.3 is 0 Å². The molecule has 2 aromatic rings. The van der Waals surface area contributed by atoms with E-state index in [0.29, 0.717) is 12.2 Å². The highest BCUT2D eigenvalue weighted by Crippen LogP contribution is 2.15. The van der Waals surface area contributed by atoms with Crippen molar-refractivity contribution in [2.24, 2.45) is 0 Å². The Kier molecular flexibility index (Phi) is 2.98. The zero-order valence-electron chi connectivity index (χ0n) is 9.98. The maximum Gasteiger partial charge on any atom is 0.272 e. The average Bonchev–Trinajstić information content (AvgIpc) is 3.05. The third-order valence-electron chi connectivity index (χ3n) is 3.20. The van der Waals surface area contributed by atoms with E-state index >= 15 is 0 Å². The van der Waals surface area contributed by atoms with Gasteiger partial charge in [0.2, 0.25) is 0 Å². The second-order valence-electron chi connectivity index (χ2n) is 4.46. The molecule has 5 heteroatoms. The maximum absolute atomic E-state index is 12.0. The van der Waals surface area contributed by atoms with Crippen molar-refractivity contribution in [1.29, 1.82) is 0 Å². The zero-order valence-corrected chi connectivity index (χ0v) is 9.98. The summed E-state index contributed by atoms with van der Waals surface area (Å²) in [5, 5.41) is 10.6. The Balaban J connectivity index is 1.71. The van der Waals surface area contributed by atoms with Crippen molar-refractivity contribution in [3.8, 4) is 0 Å². The van der Waals surface area contributed by atoms with Crippen LogP contribution in [0.15, 0.2) is 24.3 Å². The monoisotopic (exact) mass is 245 g/mol. The van der Waals surface area contributed by atoms with Crippen molar-refractivity contribution < 1.29 is 9.53 Å². The number of H-pyrrole nitrogens is 1. The molecule has 2 heterocycles. The molecule has 1 aromatic carbocycles. The lowest BCUT2D eigenvalue weighted by molar-refractivity contribution is 0.0855. The standard InChI is InChI=1S/C13H15N3O2/c17-13(14-8-9-4-3-7-18-9)12-10-5-1-2-6-11(10)15-16-12/h1-2,5-6,9H,3-4,7-8H2,(H,14,17)(H,15,16). The maximum atomic E-state index is 12.0. The Morgan fingerprint density at radius 3 is 3.22 bits per heavy atom. The molecule has 1 saturated heterocycles. The minimum absolute atomic E-state index is 0.150. The predicted molar refractivity (Wildman–Crippen MR) is 67.4 cm³/mol. The summed E-state index contributed by atoms with van der Waals surface area (Å²) >= 11 is 0. The fourth-order valence-corrected chi connectivity index (χ4v) is 2.23. The fourth-order valence-electron chi connectivity index (χ4n) is 2.23. The highest BCUT2D eigenvalue weighted by Gasteiger charge is 2.18. The van der Waals surface area contributed by atoms with Gasteiger partial charge in [-0.25, -0.2) is 0 Å². The summed E-state index contributed by atoms with van der Waals surface area (Å²) in [5.74, 6) is -0.150. The van der Waals surface area contributed by atoms with Gasteiger partial charge < -0.3 is 10.1 Å². The zero-order chi connectivity index (χ0) is 12.4. The number of fused-ring (bicyclic) bond motifs is 1. The summed E-state index contributed by atoms with van der Waals surface area (Å²) < 4.78 is 5.47. The minimum atomic E-state index is -0.150. The number of ether oxygens (including phenoxy) is 1. The summed E-state index contributed by atoms with van der Waals surface area (Å²) in [6.45, 7) is 1.35. The van der Waals surface area contributed by atoms with Gasteiger partial charge in [0.25, 0.3) is 5.91 Å². The molecule has 0 spiro atoms. The summed E-state index contributed by atoms with van der Waals surface area (Å²) in [4.78, 5) is 12.0. The van der Waals surface area contributed by atoms with E-state index in [9.17, 15) is 4.79 Å². The van der Waals surface area contributed by atoms with E-state index in [0.717, 1.165) is 30.4 Å². The Morgan fingerprint density at radius 1 is 1.50 bits per heavy atom.